The minimum absolute atomic E-state index is 0.0494. The maximum absolute atomic E-state index is 12.7. The highest BCUT2D eigenvalue weighted by molar-refractivity contribution is 6.31. The molecule has 0 spiro atoms. The molecular formula is C17H21ClN2O2. The van der Waals surface area contributed by atoms with E-state index in [0.717, 1.165) is 24.3 Å². The molecule has 0 saturated carbocycles. The van der Waals surface area contributed by atoms with Crippen molar-refractivity contribution in [3.8, 4) is 5.75 Å². The van der Waals surface area contributed by atoms with Gasteiger partial charge in [-0.25, -0.2) is 0 Å². The third-order valence-electron chi connectivity index (χ3n) is 5.17. The summed E-state index contributed by atoms with van der Waals surface area (Å²) >= 11 is 6.18. The van der Waals surface area contributed by atoms with Gasteiger partial charge in [-0.15, -0.1) is 0 Å². The fraction of sp³-hybridized carbons (Fsp3) is 0.588. The molecule has 5 rings (SSSR count). The number of benzene rings is 1. The molecule has 0 aliphatic carbocycles. The number of amides is 1. The maximum atomic E-state index is 12.7. The number of fused-ring (bicyclic) bond motifs is 4. The van der Waals surface area contributed by atoms with Crippen LogP contribution in [0.1, 0.15) is 35.7 Å². The monoisotopic (exact) mass is 320 g/mol. The number of nitrogens with zero attached hydrogens (tertiary/aromatic N) is 1. The van der Waals surface area contributed by atoms with E-state index in [1.165, 1.54) is 25.9 Å². The van der Waals surface area contributed by atoms with Gasteiger partial charge in [0.2, 0.25) is 0 Å². The zero-order valence-corrected chi connectivity index (χ0v) is 13.5. The summed E-state index contributed by atoms with van der Waals surface area (Å²) in [6.07, 6.45) is 3.30. The number of carbonyl (C=O) groups excluding carboxylic acids is 1. The van der Waals surface area contributed by atoms with E-state index in [1.807, 2.05) is 13.0 Å². The van der Waals surface area contributed by atoms with Gasteiger partial charge in [0.25, 0.3) is 5.91 Å². The van der Waals surface area contributed by atoms with Crippen LogP contribution in [0.5, 0.6) is 5.75 Å². The van der Waals surface area contributed by atoms with Crippen LogP contribution in [0.15, 0.2) is 12.1 Å². The molecule has 4 nitrogen and oxygen atoms in total. The van der Waals surface area contributed by atoms with Crippen molar-refractivity contribution in [3.63, 3.8) is 0 Å². The van der Waals surface area contributed by atoms with Crippen LogP contribution in [0.25, 0.3) is 0 Å². The van der Waals surface area contributed by atoms with Crippen LogP contribution in [0.2, 0.25) is 5.02 Å². The average molecular weight is 321 g/mol. The van der Waals surface area contributed by atoms with Crippen LogP contribution in [0.4, 0.5) is 0 Å². The second-order valence-electron chi connectivity index (χ2n) is 6.79. The van der Waals surface area contributed by atoms with Gasteiger partial charge in [0.1, 0.15) is 11.9 Å². The molecule has 1 amide bonds. The Kier molecular flexibility index (Phi) is 3.54. The summed E-state index contributed by atoms with van der Waals surface area (Å²) in [6, 6.07) is 3.89. The standard InChI is InChI=1S/C17H21ClN2O2/c1-10-6-12-7-13(18)8-14(16(12)22-10)17(21)19-15-9-20-4-2-11(15)3-5-20/h7-8,10-11,15H,2-6,9H2,1H3,(H,19,21)/t10-,15-/m0/s1. The average Bonchev–Trinajstić information content (AvgIpc) is 2.87. The van der Waals surface area contributed by atoms with E-state index in [1.54, 1.807) is 6.07 Å². The van der Waals surface area contributed by atoms with Crippen LogP contribution < -0.4 is 10.1 Å². The SMILES string of the molecule is C[C@H]1Cc2cc(Cl)cc(C(=O)N[C@H]3CN4CCC3CC4)c2O1. The van der Waals surface area contributed by atoms with Gasteiger partial charge < -0.3 is 15.0 Å². The Morgan fingerprint density at radius 1 is 1.36 bits per heavy atom. The van der Waals surface area contributed by atoms with Crippen molar-refractivity contribution >= 4 is 17.5 Å². The highest BCUT2D eigenvalue weighted by Crippen LogP contribution is 2.36. The van der Waals surface area contributed by atoms with Gasteiger partial charge >= 0.3 is 0 Å². The Morgan fingerprint density at radius 2 is 2.14 bits per heavy atom. The van der Waals surface area contributed by atoms with E-state index in [-0.39, 0.29) is 18.1 Å². The summed E-state index contributed by atoms with van der Waals surface area (Å²) in [6.45, 7) is 5.33. The Balaban J connectivity index is 1.56. The molecule has 0 aromatic heterocycles. The summed E-state index contributed by atoms with van der Waals surface area (Å²) in [7, 11) is 0. The Bertz CT molecular complexity index is 611. The number of carbonyl (C=O) groups is 1. The van der Waals surface area contributed by atoms with E-state index in [0.29, 0.717) is 16.5 Å². The Hall–Kier alpha value is -1.26. The third kappa shape index (κ3) is 2.48. The molecule has 3 saturated heterocycles. The van der Waals surface area contributed by atoms with Crippen molar-refractivity contribution in [2.75, 3.05) is 19.6 Å². The van der Waals surface area contributed by atoms with Gasteiger partial charge in [0.15, 0.2) is 0 Å². The number of piperidine rings is 3. The van der Waals surface area contributed by atoms with Crippen molar-refractivity contribution in [2.45, 2.75) is 38.3 Å². The summed E-state index contributed by atoms with van der Waals surface area (Å²) < 4.78 is 5.84. The summed E-state index contributed by atoms with van der Waals surface area (Å²) in [5.41, 5.74) is 1.63. The van der Waals surface area contributed by atoms with Gasteiger partial charge in [0.05, 0.1) is 5.56 Å². The molecule has 1 N–H and O–H groups in total. The summed E-state index contributed by atoms with van der Waals surface area (Å²) in [5, 5.41) is 3.83. The lowest BCUT2D eigenvalue weighted by Crippen LogP contribution is -2.57. The first-order chi connectivity index (χ1) is 10.6. The van der Waals surface area contributed by atoms with Crippen LogP contribution in [-0.2, 0) is 6.42 Å². The molecule has 2 bridgehead atoms. The van der Waals surface area contributed by atoms with Crippen molar-refractivity contribution in [2.24, 2.45) is 5.92 Å². The van der Waals surface area contributed by atoms with E-state index in [2.05, 4.69) is 10.2 Å². The molecule has 3 fully saturated rings. The van der Waals surface area contributed by atoms with E-state index in [9.17, 15) is 4.79 Å². The number of halogens is 1. The Morgan fingerprint density at radius 3 is 2.82 bits per heavy atom. The highest BCUT2D eigenvalue weighted by Gasteiger charge is 2.36. The third-order valence-corrected chi connectivity index (χ3v) is 5.39. The first kappa shape index (κ1) is 14.3. The lowest BCUT2D eigenvalue weighted by Gasteiger charge is -2.44. The van der Waals surface area contributed by atoms with Gasteiger partial charge in [0, 0.05) is 29.6 Å². The fourth-order valence-electron chi connectivity index (χ4n) is 4.04. The number of nitrogens with one attached hydrogen (secondary N) is 1. The number of ether oxygens (including phenoxy) is 1. The molecule has 4 aliphatic heterocycles. The van der Waals surface area contributed by atoms with Crippen molar-refractivity contribution in [1.29, 1.82) is 0 Å². The second-order valence-corrected chi connectivity index (χ2v) is 7.23. The van der Waals surface area contributed by atoms with Gasteiger partial charge in [-0.1, -0.05) is 11.6 Å². The molecule has 0 radical (unpaired) electrons. The van der Waals surface area contributed by atoms with Gasteiger partial charge in [-0.2, -0.15) is 0 Å². The summed E-state index contributed by atoms with van der Waals surface area (Å²) in [4.78, 5) is 15.2. The number of hydrogen-bond acceptors (Lipinski definition) is 3. The molecule has 118 valence electrons. The van der Waals surface area contributed by atoms with E-state index >= 15 is 0 Å². The second kappa shape index (κ2) is 5.43. The predicted molar refractivity (Wildman–Crippen MR) is 85.7 cm³/mol. The smallest absolute Gasteiger partial charge is 0.255 e. The molecule has 22 heavy (non-hydrogen) atoms. The molecule has 4 aliphatic rings. The van der Waals surface area contributed by atoms with Crippen LogP contribution >= 0.6 is 11.6 Å². The lowest BCUT2D eigenvalue weighted by atomic mass is 9.84. The van der Waals surface area contributed by atoms with Gasteiger partial charge in [-0.05, 0) is 50.9 Å². The lowest BCUT2D eigenvalue weighted by molar-refractivity contribution is 0.0618. The molecular weight excluding hydrogens is 300 g/mol. The Labute approximate surface area is 135 Å². The predicted octanol–water partition coefficient (Wildman–Crippen LogP) is 2.49. The highest BCUT2D eigenvalue weighted by atomic mass is 35.5. The molecule has 0 unspecified atom stereocenters. The maximum Gasteiger partial charge on any atom is 0.255 e. The molecule has 2 atom stereocenters. The number of rotatable bonds is 2. The normalized spacial score (nSPS) is 32.5. The fourth-order valence-corrected chi connectivity index (χ4v) is 4.28. The zero-order valence-electron chi connectivity index (χ0n) is 12.8. The van der Waals surface area contributed by atoms with E-state index < -0.39 is 0 Å². The first-order valence-corrected chi connectivity index (χ1v) is 8.50. The van der Waals surface area contributed by atoms with Crippen molar-refractivity contribution in [1.82, 2.24) is 10.2 Å². The minimum Gasteiger partial charge on any atom is -0.489 e. The molecule has 1 aromatic carbocycles. The van der Waals surface area contributed by atoms with Crippen molar-refractivity contribution < 1.29 is 9.53 Å². The minimum atomic E-state index is -0.0494. The molecule has 4 heterocycles. The summed E-state index contributed by atoms with van der Waals surface area (Å²) in [5.74, 6) is 1.28. The van der Waals surface area contributed by atoms with Crippen LogP contribution in [-0.4, -0.2) is 42.6 Å². The van der Waals surface area contributed by atoms with Gasteiger partial charge in [-0.3, -0.25) is 4.79 Å². The molecule has 5 heteroatoms. The van der Waals surface area contributed by atoms with Crippen LogP contribution in [0, 0.1) is 5.92 Å². The van der Waals surface area contributed by atoms with Crippen molar-refractivity contribution in [3.05, 3.63) is 28.3 Å². The largest absolute Gasteiger partial charge is 0.489 e. The van der Waals surface area contributed by atoms with E-state index in [4.69, 9.17) is 16.3 Å². The number of hydrogen-bond donors (Lipinski definition) is 1. The first-order valence-electron chi connectivity index (χ1n) is 8.12. The van der Waals surface area contributed by atoms with Crippen LogP contribution in [0.3, 0.4) is 0 Å². The molecule has 1 aromatic rings. The quantitative estimate of drug-likeness (QED) is 0.910. The zero-order chi connectivity index (χ0) is 15.3. The topological polar surface area (TPSA) is 41.6 Å².